The molecule has 7 heteroatoms. The lowest BCUT2D eigenvalue weighted by molar-refractivity contribution is -0.118. The minimum Gasteiger partial charge on any atom is -0.340 e. The number of benzene rings is 2. The molecule has 0 aliphatic carbocycles. The van der Waals surface area contributed by atoms with Crippen LogP contribution in [0.5, 0.6) is 0 Å². The molecule has 0 saturated heterocycles. The Labute approximate surface area is 158 Å². The van der Waals surface area contributed by atoms with Crippen LogP contribution in [0.15, 0.2) is 42.5 Å². The van der Waals surface area contributed by atoms with Crippen molar-refractivity contribution in [1.29, 1.82) is 0 Å². The smallest absolute Gasteiger partial charge is 0.257 e. The van der Waals surface area contributed by atoms with Gasteiger partial charge >= 0.3 is 0 Å². The summed E-state index contributed by atoms with van der Waals surface area (Å²) < 4.78 is 28.5. The molecule has 2 aromatic carbocycles. The molecule has 2 amide bonds. The fourth-order valence-electron chi connectivity index (χ4n) is 2.22. The Hall–Kier alpha value is -2.03. The summed E-state index contributed by atoms with van der Waals surface area (Å²) in [4.78, 5) is 24.7. The Bertz CT molecular complexity index is 759. The summed E-state index contributed by atoms with van der Waals surface area (Å²) >= 11 is 2.14. The molecular formula is C18H17F2IN2O2. The largest absolute Gasteiger partial charge is 0.340 e. The van der Waals surface area contributed by atoms with Crippen molar-refractivity contribution in [2.45, 2.75) is 19.9 Å². The maximum atomic E-state index is 13.7. The molecule has 0 bridgehead atoms. The van der Waals surface area contributed by atoms with Gasteiger partial charge in [0.2, 0.25) is 5.91 Å². The molecule has 0 fully saturated rings. The molecular weight excluding hydrogens is 441 g/mol. The van der Waals surface area contributed by atoms with E-state index in [4.69, 9.17) is 0 Å². The predicted molar refractivity (Wildman–Crippen MR) is 100 cm³/mol. The van der Waals surface area contributed by atoms with Crippen molar-refractivity contribution in [2.24, 2.45) is 5.92 Å². The average Bonchev–Trinajstić information content (AvgIpc) is 2.54. The van der Waals surface area contributed by atoms with Crippen LogP contribution in [-0.2, 0) is 4.79 Å². The number of amides is 2. The molecule has 2 rings (SSSR count). The molecule has 0 radical (unpaired) electrons. The number of carbonyl (C=O) groups excluding carboxylic acids is 2. The van der Waals surface area contributed by atoms with Crippen LogP contribution in [0.25, 0.3) is 0 Å². The molecule has 25 heavy (non-hydrogen) atoms. The van der Waals surface area contributed by atoms with E-state index in [1.165, 1.54) is 6.07 Å². The van der Waals surface area contributed by atoms with Gasteiger partial charge in [-0.15, -0.1) is 0 Å². The number of nitrogens with one attached hydrogen (secondary N) is 2. The number of halogens is 3. The average molecular weight is 458 g/mol. The summed E-state index contributed by atoms with van der Waals surface area (Å²) in [7, 11) is 0. The monoisotopic (exact) mass is 458 g/mol. The third-order valence-electron chi connectivity index (χ3n) is 3.54. The quantitative estimate of drug-likeness (QED) is 0.667. The first kappa shape index (κ1) is 19.3. The first-order valence-electron chi connectivity index (χ1n) is 7.61. The summed E-state index contributed by atoms with van der Waals surface area (Å²) in [5, 5.41) is 5.11. The third-order valence-corrected chi connectivity index (χ3v) is 4.26. The Morgan fingerprint density at radius 3 is 2.08 bits per heavy atom. The van der Waals surface area contributed by atoms with E-state index in [0.717, 1.165) is 15.7 Å². The van der Waals surface area contributed by atoms with Gasteiger partial charge in [0.1, 0.15) is 23.2 Å². The van der Waals surface area contributed by atoms with Gasteiger partial charge in [0.05, 0.1) is 0 Å². The van der Waals surface area contributed by atoms with Crippen molar-refractivity contribution in [1.82, 2.24) is 5.32 Å². The van der Waals surface area contributed by atoms with Crippen LogP contribution in [0.1, 0.15) is 24.2 Å². The number of hydrogen-bond acceptors (Lipinski definition) is 2. The standard InChI is InChI=1S/C18H17F2IN2O2/c1-10(2)16(18(25)22-12-8-6-11(21)7-9-12)23-17(24)15-13(19)4-3-5-14(15)20/h3-10,16H,1-2H3,(H,22,25)(H,23,24). The van der Waals surface area contributed by atoms with E-state index in [-0.39, 0.29) is 5.92 Å². The second-order valence-electron chi connectivity index (χ2n) is 5.79. The second kappa shape index (κ2) is 8.37. The SMILES string of the molecule is CC(C)C(NC(=O)c1c(F)cccc1F)C(=O)Nc1ccc(I)cc1. The van der Waals surface area contributed by atoms with Gasteiger partial charge < -0.3 is 10.6 Å². The lowest BCUT2D eigenvalue weighted by atomic mass is 10.0. The van der Waals surface area contributed by atoms with Crippen LogP contribution in [0.3, 0.4) is 0 Å². The third kappa shape index (κ3) is 4.97. The Kier molecular flexibility index (Phi) is 6.46. The van der Waals surface area contributed by atoms with Gasteiger partial charge in [-0.25, -0.2) is 8.78 Å². The van der Waals surface area contributed by atoms with E-state index < -0.39 is 35.1 Å². The number of anilines is 1. The van der Waals surface area contributed by atoms with Gasteiger partial charge in [-0.2, -0.15) is 0 Å². The Morgan fingerprint density at radius 1 is 1.00 bits per heavy atom. The normalized spacial score (nSPS) is 11.9. The number of carbonyl (C=O) groups is 2. The molecule has 1 unspecified atom stereocenters. The van der Waals surface area contributed by atoms with Crippen LogP contribution in [0.2, 0.25) is 0 Å². The summed E-state index contributed by atoms with van der Waals surface area (Å²) in [6.45, 7) is 3.46. The van der Waals surface area contributed by atoms with E-state index in [1.807, 2.05) is 12.1 Å². The molecule has 1 atom stereocenters. The second-order valence-corrected chi connectivity index (χ2v) is 7.03. The van der Waals surface area contributed by atoms with Gasteiger partial charge in [0, 0.05) is 9.26 Å². The highest BCUT2D eigenvalue weighted by Gasteiger charge is 2.27. The maximum absolute atomic E-state index is 13.7. The summed E-state index contributed by atoms with van der Waals surface area (Å²) in [6, 6.07) is 9.34. The first-order chi connectivity index (χ1) is 11.8. The van der Waals surface area contributed by atoms with E-state index in [2.05, 4.69) is 33.2 Å². The zero-order valence-electron chi connectivity index (χ0n) is 13.6. The molecule has 0 aliphatic heterocycles. The lowest BCUT2D eigenvalue weighted by Crippen LogP contribution is -2.47. The van der Waals surface area contributed by atoms with E-state index in [1.54, 1.807) is 26.0 Å². The molecule has 2 aromatic rings. The van der Waals surface area contributed by atoms with Crippen molar-refractivity contribution in [2.75, 3.05) is 5.32 Å². The molecule has 0 heterocycles. The summed E-state index contributed by atoms with van der Waals surface area (Å²) in [5.74, 6) is -3.65. The molecule has 0 aromatic heterocycles. The molecule has 132 valence electrons. The summed E-state index contributed by atoms with van der Waals surface area (Å²) in [5.41, 5.74) is -0.127. The fourth-order valence-corrected chi connectivity index (χ4v) is 2.58. The lowest BCUT2D eigenvalue weighted by Gasteiger charge is -2.22. The summed E-state index contributed by atoms with van der Waals surface area (Å²) in [6.07, 6.45) is 0. The first-order valence-corrected chi connectivity index (χ1v) is 8.68. The van der Waals surface area contributed by atoms with Crippen LogP contribution in [0, 0.1) is 21.1 Å². The highest BCUT2D eigenvalue weighted by molar-refractivity contribution is 14.1. The van der Waals surface area contributed by atoms with Crippen molar-refractivity contribution >= 4 is 40.1 Å². The van der Waals surface area contributed by atoms with Crippen LogP contribution < -0.4 is 10.6 Å². The fraction of sp³-hybridized carbons (Fsp3) is 0.222. The highest BCUT2D eigenvalue weighted by atomic mass is 127. The van der Waals surface area contributed by atoms with E-state index in [0.29, 0.717) is 5.69 Å². The van der Waals surface area contributed by atoms with Crippen molar-refractivity contribution < 1.29 is 18.4 Å². The van der Waals surface area contributed by atoms with Crippen LogP contribution in [0.4, 0.5) is 14.5 Å². The Morgan fingerprint density at radius 2 is 1.56 bits per heavy atom. The molecule has 4 nitrogen and oxygen atoms in total. The van der Waals surface area contributed by atoms with Crippen molar-refractivity contribution in [3.8, 4) is 0 Å². The Balaban J connectivity index is 2.16. The highest BCUT2D eigenvalue weighted by Crippen LogP contribution is 2.15. The molecule has 2 N–H and O–H groups in total. The number of hydrogen-bond donors (Lipinski definition) is 2. The zero-order valence-corrected chi connectivity index (χ0v) is 15.8. The molecule has 0 spiro atoms. The van der Waals surface area contributed by atoms with Gasteiger partial charge in [0.25, 0.3) is 5.91 Å². The molecule has 0 aliphatic rings. The van der Waals surface area contributed by atoms with Gasteiger partial charge in [-0.05, 0) is 64.9 Å². The maximum Gasteiger partial charge on any atom is 0.257 e. The topological polar surface area (TPSA) is 58.2 Å². The minimum absolute atomic E-state index is 0.275. The zero-order chi connectivity index (χ0) is 18.6. The van der Waals surface area contributed by atoms with Crippen LogP contribution >= 0.6 is 22.6 Å². The van der Waals surface area contributed by atoms with E-state index in [9.17, 15) is 18.4 Å². The van der Waals surface area contributed by atoms with E-state index >= 15 is 0 Å². The molecule has 0 saturated carbocycles. The van der Waals surface area contributed by atoms with Crippen LogP contribution in [-0.4, -0.2) is 17.9 Å². The predicted octanol–water partition coefficient (Wildman–Crippen LogP) is 3.96. The van der Waals surface area contributed by atoms with Gasteiger partial charge in [-0.3, -0.25) is 9.59 Å². The van der Waals surface area contributed by atoms with Crippen molar-refractivity contribution in [3.63, 3.8) is 0 Å². The van der Waals surface area contributed by atoms with Crippen molar-refractivity contribution in [3.05, 3.63) is 63.2 Å². The van der Waals surface area contributed by atoms with Gasteiger partial charge in [-0.1, -0.05) is 19.9 Å². The van der Waals surface area contributed by atoms with Gasteiger partial charge in [0.15, 0.2) is 0 Å². The number of rotatable bonds is 5. The minimum atomic E-state index is -0.974.